The summed E-state index contributed by atoms with van der Waals surface area (Å²) in [5.41, 5.74) is 1.21. The topological polar surface area (TPSA) is 90.3 Å². The highest BCUT2D eigenvalue weighted by Gasteiger charge is 2.30. The highest BCUT2D eigenvalue weighted by atomic mass is 16.3. The van der Waals surface area contributed by atoms with Crippen LogP contribution in [0, 0.1) is 11.3 Å². The van der Waals surface area contributed by atoms with E-state index in [9.17, 15) is 4.79 Å². The van der Waals surface area contributed by atoms with Gasteiger partial charge in [-0.3, -0.25) is 14.8 Å². The van der Waals surface area contributed by atoms with Crippen LogP contribution in [-0.2, 0) is 13.1 Å². The van der Waals surface area contributed by atoms with Crippen molar-refractivity contribution in [3.05, 3.63) is 58.0 Å². The van der Waals surface area contributed by atoms with E-state index in [-0.39, 0.29) is 5.56 Å². The summed E-state index contributed by atoms with van der Waals surface area (Å²) in [6.45, 7) is 1.25. The number of nitrogens with zero attached hydrogens (tertiary/aromatic N) is 4. The van der Waals surface area contributed by atoms with E-state index >= 15 is 0 Å². The number of furan rings is 1. The Labute approximate surface area is 131 Å². The lowest BCUT2D eigenvalue weighted by molar-refractivity contribution is 0.222. The highest BCUT2D eigenvalue weighted by molar-refractivity contribution is 5.53. The van der Waals surface area contributed by atoms with Crippen LogP contribution in [0.15, 0.2) is 39.9 Å². The molecule has 0 saturated heterocycles. The van der Waals surface area contributed by atoms with Gasteiger partial charge in [-0.1, -0.05) is 0 Å². The van der Waals surface area contributed by atoms with Gasteiger partial charge in [0.1, 0.15) is 17.4 Å². The van der Waals surface area contributed by atoms with Gasteiger partial charge in [0.25, 0.3) is 5.56 Å². The van der Waals surface area contributed by atoms with Crippen molar-refractivity contribution in [3.63, 3.8) is 0 Å². The minimum atomic E-state index is -0.208. The Balaban J connectivity index is 1.65. The molecule has 3 aromatic heterocycles. The smallest absolute Gasteiger partial charge is 0.272 e. The zero-order valence-corrected chi connectivity index (χ0v) is 12.4. The second-order valence-corrected chi connectivity index (χ2v) is 5.76. The molecule has 0 unspecified atom stereocenters. The van der Waals surface area contributed by atoms with Crippen molar-refractivity contribution in [1.29, 1.82) is 5.26 Å². The molecule has 1 aliphatic carbocycles. The molecule has 1 aliphatic rings. The lowest BCUT2D eigenvalue weighted by atomic mass is 10.3. The number of hydrogen-bond acceptors (Lipinski definition) is 5. The SMILES string of the molecule is N#Cc1c[nH]n2c(=O)cc(CN(Cc3ccco3)C3CC3)nc12. The Hall–Kier alpha value is -2.85. The van der Waals surface area contributed by atoms with Gasteiger partial charge < -0.3 is 4.42 Å². The lowest BCUT2D eigenvalue weighted by Gasteiger charge is -2.20. The Bertz CT molecular complexity index is 928. The molecular weight excluding hydrogens is 294 g/mol. The van der Waals surface area contributed by atoms with E-state index < -0.39 is 0 Å². The summed E-state index contributed by atoms with van der Waals surface area (Å²) in [6, 6.07) is 7.88. The maximum atomic E-state index is 12.2. The van der Waals surface area contributed by atoms with Crippen molar-refractivity contribution in [1.82, 2.24) is 19.5 Å². The van der Waals surface area contributed by atoms with Crippen molar-refractivity contribution in [2.45, 2.75) is 32.0 Å². The third kappa shape index (κ3) is 2.64. The Kier molecular flexibility index (Phi) is 3.24. The molecular formula is C16H15N5O2. The van der Waals surface area contributed by atoms with Gasteiger partial charge in [-0.25, -0.2) is 9.50 Å². The molecule has 0 aromatic carbocycles. The van der Waals surface area contributed by atoms with E-state index in [1.165, 1.54) is 16.8 Å². The largest absolute Gasteiger partial charge is 0.468 e. The maximum Gasteiger partial charge on any atom is 0.272 e. The molecule has 7 nitrogen and oxygen atoms in total. The van der Waals surface area contributed by atoms with Gasteiger partial charge in [-0.2, -0.15) is 5.26 Å². The van der Waals surface area contributed by atoms with Crippen LogP contribution in [0.25, 0.3) is 5.65 Å². The number of H-pyrrole nitrogens is 1. The molecule has 0 spiro atoms. The molecule has 0 amide bonds. The molecule has 0 atom stereocenters. The first-order valence-electron chi connectivity index (χ1n) is 7.51. The summed E-state index contributed by atoms with van der Waals surface area (Å²) in [6.07, 6.45) is 5.45. The molecule has 1 saturated carbocycles. The van der Waals surface area contributed by atoms with Crippen molar-refractivity contribution in [2.75, 3.05) is 0 Å². The first-order chi connectivity index (χ1) is 11.2. The van der Waals surface area contributed by atoms with Crippen molar-refractivity contribution in [2.24, 2.45) is 0 Å². The average Bonchev–Trinajstić information content (AvgIpc) is 3.10. The normalized spacial score (nSPS) is 14.4. The number of nitrogens with one attached hydrogen (secondary N) is 1. The number of aromatic nitrogens is 3. The first kappa shape index (κ1) is 13.8. The van der Waals surface area contributed by atoms with Gasteiger partial charge in [-0.05, 0) is 25.0 Å². The van der Waals surface area contributed by atoms with Crippen LogP contribution in [0.5, 0.6) is 0 Å². The predicted octanol–water partition coefficient (Wildman–Crippen LogP) is 1.65. The van der Waals surface area contributed by atoms with Crippen molar-refractivity contribution in [3.8, 4) is 6.07 Å². The minimum absolute atomic E-state index is 0.208. The summed E-state index contributed by atoms with van der Waals surface area (Å²) in [5.74, 6) is 0.897. The van der Waals surface area contributed by atoms with E-state index in [2.05, 4.69) is 15.0 Å². The van der Waals surface area contributed by atoms with Crippen molar-refractivity contribution >= 4 is 5.65 Å². The van der Waals surface area contributed by atoms with Gasteiger partial charge in [0.2, 0.25) is 0 Å². The molecule has 23 heavy (non-hydrogen) atoms. The quantitative estimate of drug-likeness (QED) is 0.774. The highest BCUT2D eigenvalue weighted by Crippen LogP contribution is 2.29. The second-order valence-electron chi connectivity index (χ2n) is 5.76. The maximum absolute atomic E-state index is 12.2. The molecule has 1 N–H and O–H groups in total. The Morgan fingerprint density at radius 1 is 1.48 bits per heavy atom. The summed E-state index contributed by atoms with van der Waals surface area (Å²) in [5, 5.41) is 11.9. The summed E-state index contributed by atoms with van der Waals surface area (Å²) in [7, 11) is 0. The van der Waals surface area contributed by atoms with Crippen LogP contribution in [0.1, 0.15) is 29.9 Å². The van der Waals surface area contributed by atoms with Crippen LogP contribution < -0.4 is 5.56 Å². The fourth-order valence-electron chi connectivity index (χ4n) is 2.76. The number of fused-ring (bicyclic) bond motifs is 1. The summed E-state index contributed by atoms with van der Waals surface area (Å²) in [4.78, 5) is 18.9. The van der Waals surface area contributed by atoms with Gasteiger partial charge in [0, 0.05) is 24.8 Å². The predicted molar refractivity (Wildman–Crippen MR) is 81.5 cm³/mol. The van der Waals surface area contributed by atoms with Gasteiger partial charge in [0.15, 0.2) is 5.65 Å². The van der Waals surface area contributed by atoms with E-state index in [0.717, 1.165) is 18.6 Å². The zero-order valence-electron chi connectivity index (χ0n) is 12.4. The van der Waals surface area contributed by atoms with Crippen molar-refractivity contribution < 1.29 is 4.42 Å². The number of hydrogen-bond donors (Lipinski definition) is 1. The Morgan fingerprint density at radius 3 is 3.04 bits per heavy atom. The van der Waals surface area contributed by atoms with Crippen LogP contribution in [0.3, 0.4) is 0 Å². The second kappa shape index (κ2) is 5.41. The zero-order chi connectivity index (χ0) is 15.8. The fraction of sp³-hybridized carbons (Fsp3) is 0.312. The minimum Gasteiger partial charge on any atom is -0.468 e. The summed E-state index contributed by atoms with van der Waals surface area (Å²) >= 11 is 0. The number of aromatic amines is 1. The lowest BCUT2D eigenvalue weighted by Crippen LogP contribution is -2.27. The molecule has 3 heterocycles. The fourth-order valence-corrected chi connectivity index (χ4v) is 2.76. The average molecular weight is 309 g/mol. The van der Waals surface area contributed by atoms with Crippen LogP contribution >= 0.6 is 0 Å². The van der Waals surface area contributed by atoms with E-state index in [0.29, 0.717) is 36.0 Å². The number of nitriles is 1. The summed E-state index contributed by atoms with van der Waals surface area (Å²) < 4.78 is 6.71. The first-order valence-corrected chi connectivity index (χ1v) is 7.51. The molecule has 0 bridgehead atoms. The molecule has 3 aromatic rings. The monoisotopic (exact) mass is 309 g/mol. The van der Waals surface area contributed by atoms with E-state index in [4.69, 9.17) is 9.68 Å². The van der Waals surface area contributed by atoms with E-state index in [1.807, 2.05) is 18.2 Å². The molecule has 0 radical (unpaired) electrons. The standard InChI is InChI=1S/C16H15N5O2/c17-7-11-8-18-21-15(22)6-12(19-16(11)21)9-20(13-3-4-13)10-14-2-1-5-23-14/h1-2,5-6,8,13,18H,3-4,9-10H2. The third-order valence-corrected chi connectivity index (χ3v) is 4.04. The third-order valence-electron chi connectivity index (χ3n) is 4.04. The molecule has 7 heteroatoms. The van der Waals surface area contributed by atoms with Gasteiger partial charge in [0.05, 0.1) is 18.5 Å². The van der Waals surface area contributed by atoms with Gasteiger partial charge >= 0.3 is 0 Å². The molecule has 4 rings (SSSR count). The van der Waals surface area contributed by atoms with Crippen LogP contribution in [0.4, 0.5) is 0 Å². The molecule has 0 aliphatic heterocycles. The number of rotatable bonds is 5. The molecule has 1 fully saturated rings. The van der Waals surface area contributed by atoms with Crippen LogP contribution in [-0.4, -0.2) is 25.5 Å². The Morgan fingerprint density at radius 2 is 2.35 bits per heavy atom. The van der Waals surface area contributed by atoms with E-state index in [1.54, 1.807) is 6.26 Å². The van der Waals surface area contributed by atoms with Crippen LogP contribution in [0.2, 0.25) is 0 Å². The van der Waals surface area contributed by atoms with Gasteiger partial charge in [-0.15, -0.1) is 0 Å². The molecule has 116 valence electrons.